The molecule has 1 aliphatic rings. The van der Waals surface area contributed by atoms with Gasteiger partial charge in [0, 0.05) is 53.7 Å². The molecule has 164 valence electrons. The predicted octanol–water partition coefficient (Wildman–Crippen LogP) is 4.77. The fourth-order valence-corrected chi connectivity index (χ4v) is 4.38. The summed E-state index contributed by atoms with van der Waals surface area (Å²) < 4.78 is 29.1. The molecule has 4 aromatic rings. The third-order valence-electron chi connectivity index (χ3n) is 5.84. The molecule has 7 nitrogen and oxygen atoms in total. The van der Waals surface area contributed by atoms with Gasteiger partial charge in [-0.3, -0.25) is 4.68 Å². The van der Waals surface area contributed by atoms with Crippen molar-refractivity contribution in [2.45, 2.75) is 39.7 Å². The number of aryl methyl sites for hydroxylation is 3. The number of hydrogen-bond donors (Lipinski definition) is 1. The number of nitrogen functional groups attached to an aromatic ring is 1. The highest BCUT2D eigenvalue weighted by molar-refractivity contribution is 5.74. The molecule has 1 aromatic carbocycles. The van der Waals surface area contributed by atoms with E-state index in [-0.39, 0.29) is 11.6 Å². The third kappa shape index (κ3) is 3.23. The number of ether oxygens (including phenoxy) is 1. The molecule has 0 saturated heterocycles. The Labute approximate surface area is 185 Å². The first-order valence-electron chi connectivity index (χ1n) is 10.6. The van der Waals surface area contributed by atoms with E-state index in [0.717, 1.165) is 27.9 Å². The van der Waals surface area contributed by atoms with Gasteiger partial charge >= 0.3 is 0 Å². The quantitative estimate of drug-likeness (QED) is 0.465. The van der Waals surface area contributed by atoms with Crippen LogP contribution in [-0.2, 0) is 19.9 Å². The van der Waals surface area contributed by atoms with Crippen molar-refractivity contribution in [1.29, 1.82) is 0 Å². The summed E-state index contributed by atoms with van der Waals surface area (Å²) in [5, 5.41) is 8.89. The van der Waals surface area contributed by atoms with Crippen LogP contribution in [0.2, 0.25) is 0 Å². The van der Waals surface area contributed by atoms with E-state index in [2.05, 4.69) is 15.2 Å². The molecule has 0 spiro atoms. The van der Waals surface area contributed by atoms with E-state index in [9.17, 15) is 0 Å². The molecule has 2 bridgehead atoms. The van der Waals surface area contributed by atoms with Crippen LogP contribution < -0.4 is 10.5 Å². The molecule has 3 aromatic heterocycles. The van der Waals surface area contributed by atoms with Crippen LogP contribution in [0.1, 0.15) is 48.1 Å². The van der Waals surface area contributed by atoms with Crippen molar-refractivity contribution in [3.8, 4) is 28.1 Å². The molecule has 1 aliphatic heterocycles. The molecule has 0 fully saturated rings. The first-order valence-corrected chi connectivity index (χ1v) is 10.6. The number of benzene rings is 1. The Bertz CT molecular complexity index is 1340. The van der Waals surface area contributed by atoms with Crippen LogP contribution in [0.15, 0.2) is 35.1 Å². The van der Waals surface area contributed by atoms with E-state index < -0.39 is 6.10 Å². The van der Waals surface area contributed by atoms with Gasteiger partial charge in [0.15, 0.2) is 11.6 Å². The van der Waals surface area contributed by atoms with Gasteiger partial charge in [0.05, 0.1) is 11.4 Å². The molecule has 0 amide bonds. The normalized spacial score (nSPS) is 15.1. The van der Waals surface area contributed by atoms with E-state index in [0.29, 0.717) is 41.2 Å². The molecule has 1 atom stereocenters. The third-order valence-corrected chi connectivity index (χ3v) is 5.84. The van der Waals surface area contributed by atoms with Gasteiger partial charge in [0.1, 0.15) is 17.7 Å². The highest BCUT2D eigenvalue weighted by Gasteiger charge is 2.27. The van der Waals surface area contributed by atoms with Crippen LogP contribution >= 0.6 is 0 Å². The Balaban J connectivity index is 1.84. The Kier molecular flexibility index (Phi) is 4.73. The SMILES string of the molecule is CCc1noc2c1-c1cnc(N)c(c1)O[C@H](C)c1cc(C)cc(F)c1-c1nn(C)cc1C2. The minimum atomic E-state index is -0.486. The number of rotatable bonds is 1. The number of pyridine rings is 1. The summed E-state index contributed by atoms with van der Waals surface area (Å²) >= 11 is 0. The van der Waals surface area contributed by atoms with Crippen LogP contribution in [0.4, 0.5) is 10.2 Å². The van der Waals surface area contributed by atoms with E-state index in [4.69, 9.17) is 15.0 Å². The second kappa shape index (κ2) is 7.47. The van der Waals surface area contributed by atoms with Crippen molar-refractivity contribution in [1.82, 2.24) is 19.9 Å². The summed E-state index contributed by atoms with van der Waals surface area (Å²) in [5.41, 5.74) is 11.9. The van der Waals surface area contributed by atoms with Gasteiger partial charge in [-0.1, -0.05) is 18.1 Å². The summed E-state index contributed by atoms with van der Waals surface area (Å²) in [7, 11) is 1.82. The summed E-state index contributed by atoms with van der Waals surface area (Å²) in [6.07, 6.45) is 4.20. The topological polar surface area (TPSA) is 92.0 Å². The first kappa shape index (κ1) is 20.2. The van der Waals surface area contributed by atoms with Crippen molar-refractivity contribution in [3.05, 3.63) is 64.6 Å². The summed E-state index contributed by atoms with van der Waals surface area (Å²) in [5.74, 6) is 1.01. The summed E-state index contributed by atoms with van der Waals surface area (Å²) in [6, 6.07) is 5.29. The second-order valence-electron chi connectivity index (χ2n) is 8.21. The molecule has 5 rings (SSSR count). The van der Waals surface area contributed by atoms with Gasteiger partial charge < -0.3 is 15.0 Å². The predicted molar refractivity (Wildman–Crippen MR) is 119 cm³/mol. The van der Waals surface area contributed by atoms with E-state index in [1.165, 1.54) is 6.07 Å². The Morgan fingerprint density at radius 3 is 2.84 bits per heavy atom. The zero-order valence-corrected chi connectivity index (χ0v) is 18.4. The summed E-state index contributed by atoms with van der Waals surface area (Å²) in [6.45, 7) is 5.75. The molecular formula is C24H24FN5O2. The molecule has 2 N–H and O–H groups in total. The Hall–Kier alpha value is -3.68. The van der Waals surface area contributed by atoms with Crippen LogP contribution in [0.25, 0.3) is 22.4 Å². The molecule has 8 heteroatoms. The highest BCUT2D eigenvalue weighted by Crippen LogP contribution is 2.40. The number of aromatic nitrogens is 4. The maximum absolute atomic E-state index is 15.4. The van der Waals surface area contributed by atoms with Crippen molar-refractivity contribution >= 4 is 5.82 Å². The van der Waals surface area contributed by atoms with E-state index in [1.54, 1.807) is 10.9 Å². The van der Waals surface area contributed by atoms with Crippen LogP contribution in [0.3, 0.4) is 0 Å². The second-order valence-corrected chi connectivity index (χ2v) is 8.21. The van der Waals surface area contributed by atoms with E-state index in [1.807, 2.05) is 46.1 Å². The largest absolute Gasteiger partial charge is 0.482 e. The van der Waals surface area contributed by atoms with Crippen LogP contribution in [-0.4, -0.2) is 19.9 Å². The number of nitrogens with two attached hydrogens (primary N) is 1. The van der Waals surface area contributed by atoms with Crippen molar-refractivity contribution in [3.63, 3.8) is 0 Å². The zero-order chi connectivity index (χ0) is 22.6. The number of anilines is 1. The average molecular weight is 433 g/mol. The minimum Gasteiger partial charge on any atom is -0.482 e. The highest BCUT2D eigenvalue weighted by atomic mass is 19.1. The van der Waals surface area contributed by atoms with Crippen LogP contribution in [0.5, 0.6) is 5.75 Å². The average Bonchev–Trinajstić information content (AvgIpc) is 3.31. The lowest BCUT2D eigenvalue weighted by Crippen LogP contribution is -2.10. The summed E-state index contributed by atoms with van der Waals surface area (Å²) in [4.78, 5) is 4.35. The minimum absolute atomic E-state index is 0.266. The smallest absolute Gasteiger partial charge is 0.166 e. The molecule has 4 heterocycles. The lowest BCUT2D eigenvalue weighted by molar-refractivity contribution is 0.227. The number of halogens is 1. The molecular weight excluding hydrogens is 409 g/mol. The number of hydrogen-bond acceptors (Lipinski definition) is 6. The van der Waals surface area contributed by atoms with Crippen molar-refractivity contribution in [2.75, 3.05) is 5.73 Å². The van der Waals surface area contributed by atoms with Gasteiger partial charge in [0.2, 0.25) is 0 Å². The first-order chi connectivity index (χ1) is 15.4. The molecule has 0 aliphatic carbocycles. The van der Waals surface area contributed by atoms with Crippen LogP contribution in [0, 0.1) is 12.7 Å². The van der Waals surface area contributed by atoms with Gasteiger partial charge in [0.25, 0.3) is 0 Å². The monoisotopic (exact) mass is 433 g/mol. The standard InChI is InChI=1S/C24H24FN5O2/c1-5-18-21-14-8-20(24(26)27-10-14)31-13(3)16-6-12(2)7-17(25)22(16)23-15(11-30(4)28-23)9-19(21)32-29-18/h6-8,10-11,13H,5,9H2,1-4H3,(H2,26,27)/t13-/m1/s1. The molecule has 32 heavy (non-hydrogen) atoms. The molecule has 0 radical (unpaired) electrons. The van der Waals surface area contributed by atoms with Gasteiger partial charge in [-0.05, 0) is 38.0 Å². The Morgan fingerprint density at radius 2 is 2.06 bits per heavy atom. The van der Waals surface area contributed by atoms with Crippen molar-refractivity contribution < 1.29 is 13.7 Å². The maximum Gasteiger partial charge on any atom is 0.166 e. The fourth-order valence-electron chi connectivity index (χ4n) is 4.38. The van der Waals surface area contributed by atoms with Gasteiger partial charge in [-0.25, -0.2) is 9.37 Å². The van der Waals surface area contributed by atoms with Crippen molar-refractivity contribution in [2.24, 2.45) is 7.05 Å². The lowest BCUT2D eigenvalue weighted by Gasteiger charge is -2.21. The maximum atomic E-state index is 15.4. The zero-order valence-electron chi connectivity index (χ0n) is 18.4. The number of nitrogens with zero attached hydrogens (tertiary/aromatic N) is 4. The van der Waals surface area contributed by atoms with E-state index >= 15 is 4.39 Å². The molecule has 0 saturated carbocycles. The van der Waals surface area contributed by atoms with Gasteiger partial charge in [-0.15, -0.1) is 0 Å². The fraction of sp³-hybridized carbons (Fsp3) is 0.292. The molecule has 0 unspecified atom stereocenters. The number of fused-ring (bicyclic) bond motifs is 7. The lowest BCUT2D eigenvalue weighted by atomic mass is 9.93. The van der Waals surface area contributed by atoms with Gasteiger partial charge in [-0.2, -0.15) is 5.10 Å². The Morgan fingerprint density at radius 1 is 1.25 bits per heavy atom.